The van der Waals surface area contributed by atoms with Crippen molar-refractivity contribution in [2.24, 2.45) is 0 Å². The van der Waals surface area contributed by atoms with E-state index in [4.69, 9.17) is 0 Å². The molecule has 27 heavy (non-hydrogen) atoms. The number of thiophene rings is 1. The molecule has 0 unspecified atom stereocenters. The molecular formula is C20H21FN4OS. The van der Waals surface area contributed by atoms with Gasteiger partial charge in [0.05, 0.1) is 10.9 Å². The Morgan fingerprint density at radius 2 is 2.07 bits per heavy atom. The number of carbonyl (C=O) groups is 1. The Labute approximate surface area is 160 Å². The maximum atomic E-state index is 14.0. The lowest BCUT2D eigenvalue weighted by Crippen LogP contribution is -2.31. The van der Waals surface area contributed by atoms with Crippen LogP contribution in [0.2, 0.25) is 0 Å². The molecule has 1 atom stereocenters. The standard InChI is InChI=1S/C20H21FN4OS/c21-14-6-4-8-16-13(14)12-17(27-16)20(26)24-11-5-7-15(24)19-23-22-18-9-2-1-3-10-25(18)19/h4,6,8,12,15H,1-3,5,7,9-11H2/t15-/m1/s1. The van der Waals surface area contributed by atoms with Crippen molar-refractivity contribution in [3.05, 3.63) is 46.6 Å². The highest BCUT2D eigenvalue weighted by Gasteiger charge is 2.35. The van der Waals surface area contributed by atoms with Gasteiger partial charge in [-0.2, -0.15) is 0 Å². The summed E-state index contributed by atoms with van der Waals surface area (Å²) in [4.78, 5) is 15.7. The fourth-order valence-electron chi connectivity index (χ4n) is 4.30. The molecule has 1 saturated heterocycles. The van der Waals surface area contributed by atoms with E-state index >= 15 is 0 Å². The smallest absolute Gasteiger partial charge is 0.264 e. The first kappa shape index (κ1) is 16.9. The predicted octanol–water partition coefficient (Wildman–Crippen LogP) is 4.34. The van der Waals surface area contributed by atoms with Crippen molar-refractivity contribution in [3.8, 4) is 0 Å². The molecule has 0 saturated carbocycles. The van der Waals surface area contributed by atoms with Gasteiger partial charge < -0.3 is 9.47 Å². The summed E-state index contributed by atoms with van der Waals surface area (Å²) >= 11 is 1.36. The Balaban J connectivity index is 1.48. The molecule has 2 aromatic heterocycles. The van der Waals surface area contributed by atoms with Gasteiger partial charge in [0.15, 0.2) is 5.82 Å². The van der Waals surface area contributed by atoms with Crippen LogP contribution in [0.25, 0.3) is 10.1 Å². The van der Waals surface area contributed by atoms with Gasteiger partial charge in [-0.15, -0.1) is 21.5 Å². The zero-order valence-electron chi connectivity index (χ0n) is 15.0. The SMILES string of the molecule is O=C(c1cc2c(F)cccc2s1)N1CCC[C@@H]1c1nnc2n1CCCCC2. The van der Waals surface area contributed by atoms with Crippen LogP contribution in [0.15, 0.2) is 24.3 Å². The Bertz CT molecular complexity index is 1010. The molecule has 3 aromatic rings. The third-order valence-corrected chi connectivity index (χ3v) is 6.76. The number of likely N-dealkylation sites (tertiary alicyclic amines) is 1. The van der Waals surface area contributed by atoms with Gasteiger partial charge in [-0.1, -0.05) is 12.5 Å². The van der Waals surface area contributed by atoms with Crippen LogP contribution in [0.3, 0.4) is 0 Å². The fraction of sp³-hybridized carbons (Fsp3) is 0.450. The van der Waals surface area contributed by atoms with Crippen molar-refractivity contribution in [2.75, 3.05) is 6.54 Å². The molecular weight excluding hydrogens is 363 g/mol. The number of halogens is 1. The van der Waals surface area contributed by atoms with Gasteiger partial charge in [0.1, 0.15) is 11.6 Å². The lowest BCUT2D eigenvalue weighted by Gasteiger charge is -2.24. The van der Waals surface area contributed by atoms with Crippen molar-refractivity contribution in [3.63, 3.8) is 0 Å². The molecule has 5 nitrogen and oxygen atoms in total. The van der Waals surface area contributed by atoms with E-state index in [9.17, 15) is 9.18 Å². The van der Waals surface area contributed by atoms with Crippen molar-refractivity contribution >= 4 is 27.3 Å². The Hall–Kier alpha value is -2.28. The van der Waals surface area contributed by atoms with E-state index in [0.717, 1.165) is 55.0 Å². The molecule has 0 spiro atoms. The number of benzene rings is 1. The van der Waals surface area contributed by atoms with Crippen LogP contribution in [0, 0.1) is 5.82 Å². The Morgan fingerprint density at radius 3 is 2.96 bits per heavy atom. The van der Waals surface area contributed by atoms with Gasteiger partial charge in [0.2, 0.25) is 0 Å². The van der Waals surface area contributed by atoms with Crippen LogP contribution >= 0.6 is 11.3 Å². The number of aromatic nitrogens is 3. The third-order valence-electron chi connectivity index (χ3n) is 5.67. The molecule has 0 radical (unpaired) electrons. The summed E-state index contributed by atoms with van der Waals surface area (Å²) < 4.78 is 17.1. The van der Waals surface area contributed by atoms with Crippen LogP contribution in [0.1, 0.15) is 59.5 Å². The van der Waals surface area contributed by atoms with E-state index in [1.807, 2.05) is 11.0 Å². The number of rotatable bonds is 2. The normalized spacial score (nSPS) is 20.0. The van der Waals surface area contributed by atoms with E-state index in [-0.39, 0.29) is 17.8 Å². The summed E-state index contributed by atoms with van der Waals surface area (Å²) in [5, 5.41) is 9.40. The van der Waals surface area contributed by atoms with Gasteiger partial charge in [0.25, 0.3) is 5.91 Å². The summed E-state index contributed by atoms with van der Waals surface area (Å²) in [5.41, 5.74) is 0. The molecule has 1 aromatic carbocycles. The third kappa shape index (κ3) is 2.84. The van der Waals surface area contributed by atoms with Gasteiger partial charge in [-0.05, 0) is 43.9 Å². The van der Waals surface area contributed by atoms with Crippen molar-refractivity contribution < 1.29 is 9.18 Å². The summed E-state index contributed by atoms with van der Waals surface area (Å²) in [6.45, 7) is 1.65. The van der Waals surface area contributed by atoms with Gasteiger partial charge in [-0.25, -0.2) is 4.39 Å². The van der Waals surface area contributed by atoms with Gasteiger partial charge in [0, 0.05) is 29.6 Å². The minimum atomic E-state index is -0.274. The lowest BCUT2D eigenvalue weighted by molar-refractivity contribution is 0.0732. The number of fused-ring (bicyclic) bond motifs is 2. The second-order valence-electron chi connectivity index (χ2n) is 7.36. The van der Waals surface area contributed by atoms with Crippen LogP contribution < -0.4 is 0 Å². The molecule has 2 aliphatic rings. The van der Waals surface area contributed by atoms with Crippen molar-refractivity contribution in [1.29, 1.82) is 0 Å². The molecule has 0 N–H and O–H groups in total. The Morgan fingerprint density at radius 1 is 1.15 bits per heavy atom. The van der Waals surface area contributed by atoms with Gasteiger partial charge in [-0.3, -0.25) is 4.79 Å². The molecule has 2 aliphatic heterocycles. The highest BCUT2D eigenvalue weighted by atomic mass is 32.1. The average molecular weight is 384 g/mol. The number of hydrogen-bond acceptors (Lipinski definition) is 4. The maximum Gasteiger partial charge on any atom is 0.264 e. The fourth-order valence-corrected chi connectivity index (χ4v) is 5.34. The molecule has 1 amide bonds. The number of hydrogen-bond donors (Lipinski definition) is 0. The summed E-state index contributed by atoms with van der Waals surface area (Å²) in [7, 11) is 0. The number of carbonyl (C=O) groups excluding carboxylic acids is 1. The van der Waals surface area contributed by atoms with E-state index in [1.165, 1.54) is 23.8 Å². The van der Waals surface area contributed by atoms with Crippen molar-refractivity contribution in [1.82, 2.24) is 19.7 Å². The van der Waals surface area contributed by atoms with Crippen LogP contribution in [-0.2, 0) is 13.0 Å². The summed E-state index contributed by atoms with van der Waals surface area (Å²) in [6.07, 6.45) is 6.32. The summed E-state index contributed by atoms with van der Waals surface area (Å²) in [6, 6.07) is 6.64. The number of nitrogens with zero attached hydrogens (tertiary/aromatic N) is 4. The highest BCUT2D eigenvalue weighted by Crippen LogP contribution is 2.36. The first-order valence-electron chi connectivity index (χ1n) is 9.63. The molecule has 1 fully saturated rings. The molecule has 5 rings (SSSR count). The largest absolute Gasteiger partial charge is 0.328 e. The molecule has 7 heteroatoms. The topological polar surface area (TPSA) is 51.0 Å². The number of amides is 1. The van der Waals surface area contributed by atoms with Gasteiger partial charge >= 0.3 is 0 Å². The molecule has 140 valence electrons. The summed E-state index contributed by atoms with van der Waals surface area (Å²) in [5.74, 6) is 1.67. The van der Waals surface area contributed by atoms with E-state index in [2.05, 4.69) is 14.8 Å². The van der Waals surface area contributed by atoms with Crippen molar-refractivity contribution in [2.45, 2.75) is 51.1 Å². The van der Waals surface area contributed by atoms with E-state index < -0.39 is 0 Å². The van der Waals surface area contributed by atoms with E-state index in [0.29, 0.717) is 16.8 Å². The van der Waals surface area contributed by atoms with E-state index in [1.54, 1.807) is 12.1 Å². The monoisotopic (exact) mass is 384 g/mol. The highest BCUT2D eigenvalue weighted by molar-refractivity contribution is 7.20. The molecule has 0 aliphatic carbocycles. The predicted molar refractivity (Wildman–Crippen MR) is 102 cm³/mol. The van der Waals surface area contributed by atoms with Crippen LogP contribution in [0.4, 0.5) is 4.39 Å². The minimum absolute atomic E-state index is 0.0240. The quantitative estimate of drug-likeness (QED) is 0.661. The average Bonchev–Trinajstić information content (AvgIpc) is 3.36. The second kappa shape index (κ2) is 6.71. The van der Waals surface area contributed by atoms with Crippen LogP contribution in [-0.4, -0.2) is 32.1 Å². The molecule has 0 bridgehead atoms. The maximum absolute atomic E-state index is 14.0. The minimum Gasteiger partial charge on any atom is -0.328 e. The Kier molecular flexibility index (Phi) is 4.19. The number of aryl methyl sites for hydroxylation is 1. The zero-order valence-corrected chi connectivity index (χ0v) is 15.8. The zero-order chi connectivity index (χ0) is 18.4. The second-order valence-corrected chi connectivity index (χ2v) is 8.44. The molecule has 4 heterocycles. The lowest BCUT2D eigenvalue weighted by atomic mass is 10.2. The van der Waals surface area contributed by atoms with Crippen LogP contribution in [0.5, 0.6) is 0 Å². The first-order valence-corrected chi connectivity index (χ1v) is 10.4. The first-order chi connectivity index (χ1) is 13.2.